The van der Waals surface area contributed by atoms with Crippen molar-refractivity contribution in [1.29, 1.82) is 0 Å². The number of piperidine rings is 1. The van der Waals surface area contributed by atoms with E-state index in [1.54, 1.807) is 18.2 Å². The van der Waals surface area contributed by atoms with Crippen LogP contribution in [-0.2, 0) is 21.2 Å². The number of nitrogens with zero attached hydrogens (tertiary/aromatic N) is 3. The van der Waals surface area contributed by atoms with Crippen molar-refractivity contribution in [3.63, 3.8) is 0 Å². The molecule has 3 aliphatic rings. The number of sulfonamides is 1. The zero-order valence-electron chi connectivity index (χ0n) is 17.5. The van der Waals surface area contributed by atoms with Crippen molar-refractivity contribution in [2.75, 3.05) is 36.4 Å². The van der Waals surface area contributed by atoms with Crippen molar-refractivity contribution in [1.82, 2.24) is 4.90 Å². The van der Waals surface area contributed by atoms with Crippen LogP contribution in [0.3, 0.4) is 0 Å². The standard InChI is InChI=1S/C23H26N4O3S/c1-2-26-13-11-16-9-10-18(14-20(16)26)24-23(28)17-6-5-12-27(15-17)22-19-7-3-4-8-21(19)31(29,30)25-22/h3-4,7-10,14,17H,2,5-6,11-13,15H2,1H3,(H,24,28). The Balaban J connectivity index is 1.32. The Hall–Kier alpha value is -2.87. The maximum atomic E-state index is 13.0. The minimum Gasteiger partial charge on any atom is -0.371 e. The summed E-state index contributed by atoms with van der Waals surface area (Å²) in [6, 6.07) is 13.0. The van der Waals surface area contributed by atoms with Crippen LogP contribution in [0.2, 0.25) is 0 Å². The number of hydrogen-bond donors (Lipinski definition) is 1. The SMILES string of the molecule is CCN1CCc2ccc(NC(=O)C3CCCN(C4=NS(=O)(=O)c5ccccc54)C3)cc21. The molecule has 7 nitrogen and oxygen atoms in total. The van der Waals surface area contributed by atoms with E-state index in [-0.39, 0.29) is 16.7 Å². The van der Waals surface area contributed by atoms with E-state index in [2.05, 4.69) is 33.7 Å². The summed E-state index contributed by atoms with van der Waals surface area (Å²) in [7, 11) is -3.66. The molecule has 1 amide bonds. The van der Waals surface area contributed by atoms with Gasteiger partial charge in [0.05, 0.1) is 5.92 Å². The highest BCUT2D eigenvalue weighted by Crippen LogP contribution is 2.32. The number of amidine groups is 1. The van der Waals surface area contributed by atoms with Gasteiger partial charge in [0.1, 0.15) is 4.90 Å². The van der Waals surface area contributed by atoms with Gasteiger partial charge in [-0.2, -0.15) is 8.42 Å². The van der Waals surface area contributed by atoms with E-state index in [1.807, 2.05) is 17.0 Å². The van der Waals surface area contributed by atoms with Gasteiger partial charge in [-0.25, -0.2) is 0 Å². The number of anilines is 2. The minimum atomic E-state index is -3.66. The van der Waals surface area contributed by atoms with Crippen LogP contribution >= 0.6 is 0 Å². The third-order valence-electron chi connectivity index (χ3n) is 6.43. The average molecular weight is 439 g/mol. The number of likely N-dealkylation sites (tertiary alicyclic amines) is 1. The first kappa shape index (κ1) is 20.1. The molecule has 1 atom stereocenters. The molecular weight excluding hydrogens is 412 g/mol. The lowest BCUT2D eigenvalue weighted by atomic mass is 9.96. The van der Waals surface area contributed by atoms with E-state index >= 15 is 0 Å². The Bertz CT molecular complexity index is 1180. The van der Waals surface area contributed by atoms with Crippen LogP contribution in [0.25, 0.3) is 0 Å². The van der Waals surface area contributed by atoms with Gasteiger partial charge in [0.2, 0.25) is 5.91 Å². The third kappa shape index (κ3) is 3.59. The van der Waals surface area contributed by atoms with E-state index in [9.17, 15) is 13.2 Å². The fourth-order valence-corrected chi connectivity index (χ4v) is 6.02. The second-order valence-corrected chi connectivity index (χ2v) is 9.91. The summed E-state index contributed by atoms with van der Waals surface area (Å²) in [5, 5.41) is 3.08. The summed E-state index contributed by atoms with van der Waals surface area (Å²) in [5.74, 6) is 0.215. The zero-order chi connectivity index (χ0) is 21.6. The predicted octanol–water partition coefficient (Wildman–Crippen LogP) is 2.87. The fraction of sp³-hybridized carbons (Fsp3) is 0.391. The van der Waals surface area contributed by atoms with Gasteiger partial charge in [0.25, 0.3) is 10.0 Å². The maximum absolute atomic E-state index is 13.0. The molecule has 1 N–H and O–H groups in total. The summed E-state index contributed by atoms with van der Waals surface area (Å²) in [4.78, 5) is 17.6. The minimum absolute atomic E-state index is 0.0274. The fourth-order valence-electron chi connectivity index (χ4n) is 4.80. The van der Waals surface area contributed by atoms with Crippen LogP contribution in [0.4, 0.5) is 11.4 Å². The predicted molar refractivity (Wildman–Crippen MR) is 121 cm³/mol. The van der Waals surface area contributed by atoms with Crippen molar-refractivity contribution in [2.24, 2.45) is 10.3 Å². The molecule has 162 valence electrons. The normalized spacial score (nSPS) is 21.5. The highest BCUT2D eigenvalue weighted by atomic mass is 32.2. The van der Waals surface area contributed by atoms with Crippen LogP contribution in [0.1, 0.15) is 30.9 Å². The molecule has 1 saturated heterocycles. The number of hydrogen-bond acceptors (Lipinski definition) is 5. The van der Waals surface area contributed by atoms with E-state index in [0.717, 1.165) is 38.0 Å². The second kappa shape index (κ2) is 7.67. The van der Waals surface area contributed by atoms with Crippen LogP contribution in [0.15, 0.2) is 51.8 Å². The number of carbonyl (C=O) groups excluding carboxylic acids is 1. The molecule has 3 aliphatic heterocycles. The van der Waals surface area contributed by atoms with E-state index in [0.29, 0.717) is 24.5 Å². The van der Waals surface area contributed by atoms with Gasteiger partial charge in [-0.1, -0.05) is 18.2 Å². The first-order chi connectivity index (χ1) is 15.0. The molecule has 3 heterocycles. The molecule has 1 unspecified atom stereocenters. The van der Waals surface area contributed by atoms with Gasteiger partial charge in [0, 0.05) is 43.1 Å². The average Bonchev–Trinajstić information content (AvgIpc) is 3.32. The molecule has 2 aromatic rings. The summed E-state index contributed by atoms with van der Waals surface area (Å²) >= 11 is 0. The molecule has 2 aromatic carbocycles. The van der Waals surface area contributed by atoms with Crippen LogP contribution < -0.4 is 10.2 Å². The number of carbonyl (C=O) groups is 1. The van der Waals surface area contributed by atoms with E-state index in [4.69, 9.17) is 0 Å². The number of amides is 1. The second-order valence-electron chi connectivity index (χ2n) is 8.33. The molecule has 0 spiro atoms. The first-order valence-electron chi connectivity index (χ1n) is 10.8. The summed E-state index contributed by atoms with van der Waals surface area (Å²) in [6.07, 6.45) is 2.63. The molecule has 0 bridgehead atoms. The monoisotopic (exact) mass is 438 g/mol. The highest BCUT2D eigenvalue weighted by Gasteiger charge is 2.35. The first-order valence-corrected chi connectivity index (χ1v) is 12.3. The molecule has 1 fully saturated rings. The Kier molecular flexibility index (Phi) is 4.97. The molecule has 0 saturated carbocycles. The molecular formula is C23H26N4O3S. The lowest BCUT2D eigenvalue weighted by Crippen LogP contribution is -2.43. The quantitative estimate of drug-likeness (QED) is 0.797. The number of likely N-dealkylation sites (N-methyl/N-ethyl adjacent to an activating group) is 1. The van der Waals surface area contributed by atoms with Gasteiger partial charge < -0.3 is 15.1 Å². The Morgan fingerprint density at radius 2 is 2.03 bits per heavy atom. The van der Waals surface area contributed by atoms with Crippen molar-refractivity contribution in [3.8, 4) is 0 Å². The van der Waals surface area contributed by atoms with Crippen molar-refractivity contribution in [3.05, 3.63) is 53.6 Å². The summed E-state index contributed by atoms with van der Waals surface area (Å²) in [5.41, 5.74) is 3.96. The summed E-state index contributed by atoms with van der Waals surface area (Å²) < 4.78 is 28.8. The van der Waals surface area contributed by atoms with Crippen LogP contribution in [0.5, 0.6) is 0 Å². The van der Waals surface area contributed by atoms with Gasteiger partial charge in [-0.05, 0) is 56.0 Å². The number of fused-ring (bicyclic) bond motifs is 2. The van der Waals surface area contributed by atoms with Gasteiger partial charge in [-0.3, -0.25) is 4.79 Å². The van der Waals surface area contributed by atoms with Crippen LogP contribution in [0, 0.1) is 5.92 Å². The largest absolute Gasteiger partial charge is 0.371 e. The van der Waals surface area contributed by atoms with Crippen molar-refractivity contribution in [2.45, 2.75) is 31.1 Å². The molecule has 5 rings (SSSR count). The summed E-state index contributed by atoms with van der Waals surface area (Å²) in [6.45, 7) is 5.26. The third-order valence-corrected chi connectivity index (χ3v) is 7.76. The number of nitrogens with one attached hydrogen (secondary N) is 1. The maximum Gasteiger partial charge on any atom is 0.285 e. The van der Waals surface area contributed by atoms with Gasteiger partial charge >= 0.3 is 0 Å². The molecule has 0 aliphatic carbocycles. The molecule has 0 radical (unpaired) electrons. The lowest BCUT2D eigenvalue weighted by molar-refractivity contribution is -0.121. The van der Waals surface area contributed by atoms with Gasteiger partial charge in [0.15, 0.2) is 5.84 Å². The van der Waals surface area contributed by atoms with Crippen molar-refractivity contribution < 1.29 is 13.2 Å². The molecule has 31 heavy (non-hydrogen) atoms. The van der Waals surface area contributed by atoms with Gasteiger partial charge in [-0.15, -0.1) is 4.40 Å². The Morgan fingerprint density at radius 3 is 2.87 bits per heavy atom. The van der Waals surface area contributed by atoms with E-state index < -0.39 is 10.0 Å². The number of benzene rings is 2. The zero-order valence-corrected chi connectivity index (χ0v) is 18.4. The number of rotatable bonds is 3. The smallest absolute Gasteiger partial charge is 0.285 e. The lowest BCUT2D eigenvalue weighted by Gasteiger charge is -2.33. The topological polar surface area (TPSA) is 82.1 Å². The van der Waals surface area contributed by atoms with Crippen molar-refractivity contribution >= 4 is 33.1 Å². The Labute approximate surface area is 182 Å². The molecule has 8 heteroatoms. The highest BCUT2D eigenvalue weighted by molar-refractivity contribution is 7.90. The Morgan fingerprint density at radius 1 is 1.19 bits per heavy atom. The molecule has 0 aromatic heterocycles. The van der Waals surface area contributed by atoms with E-state index in [1.165, 1.54) is 11.3 Å². The van der Waals surface area contributed by atoms with Crippen LogP contribution in [-0.4, -0.2) is 51.2 Å².